The molecule has 0 saturated carbocycles. The summed E-state index contributed by atoms with van der Waals surface area (Å²) in [5, 5.41) is 17.2. The van der Waals surface area contributed by atoms with Gasteiger partial charge in [0.2, 0.25) is 5.89 Å². The number of nitro benzene ring substituents is 1. The molecule has 7 heteroatoms. The summed E-state index contributed by atoms with van der Waals surface area (Å²) in [6.07, 6.45) is 1.61. The fourth-order valence-electron chi connectivity index (χ4n) is 1.87. The average molecular weight is 276 g/mol. The van der Waals surface area contributed by atoms with Crippen LogP contribution in [-0.4, -0.2) is 16.5 Å². The third-order valence-corrected chi connectivity index (χ3v) is 2.69. The first-order valence-electron chi connectivity index (χ1n) is 6.28. The van der Waals surface area contributed by atoms with Crippen molar-refractivity contribution in [1.29, 1.82) is 0 Å². The lowest BCUT2D eigenvalue weighted by molar-refractivity contribution is -0.383. The summed E-state index contributed by atoms with van der Waals surface area (Å²) in [5.74, 6) is 1.20. The zero-order chi connectivity index (χ0) is 14.5. The number of oxazole rings is 1. The Labute approximate surface area is 116 Å². The van der Waals surface area contributed by atoms with Crippen LogP contribution >= 0.6 is 0 Å². The maximum Gasteiger partial charge on any atom is 0.315 e. The van der Waals surface area contributed by atoms with Crippen molar-refractivity contribution in [2.45, 2.75) is 20.4 Å². The third kappa shape index (κ3) is 3.05. The van der Waals surface area contributed by atoms with Gasteiger partial charge in [-0.1, -0.05) is 6.07 Å². The first kappa shape index (κ1) is 13.9. The summed E-state index contributed by atoms with van der Waals surface area (Å²) in [7, 11) is 0. The van der Waals surface area contributed by atoms with Crippen molar-refractivity contribution in [3.63, 3.8) is 0 Å². The molecule has 20 heavy (non-hydrogen) atoms. The molecule has 0 aliphatic rings. The second-order valence-electron chi connectivity index (χ2n) is 4.21. The number of aromatic nitrogens is 1. The largest absolute Gasteiger partial charge is 0.444 e. The molecule has 1 aromatic carbocycles. The molecule has 0 saturated heterocycles. The first-order valence-corrected chi connectivity index (χ1v) is 6.28. The Hall–Kier alpha value is -2.57. The van der Waals surface area contributed by atoms with E-state index < -0.39 is 4.92 Å². The molecule has 0 atom stereocenters. The van der Waals surface area contributed by atoms with Crippen molar-refractivity contribution in [3.8, 4) is 0 Å². The van der Waals surface area contributed by atoms with Crippen LogP contribution in [0.5, 0.6) is 0 Å². The van der Waals surface area contributed by atoms with E-state index in [-0.39, 0.29) is 5.69 Å². The lowest BCUT2D eigenvalue weighted by Gasteiger charge is -2.09. The number of para-hydroxylation sites is 1. The smallest absolute Gasteiger partial charge is 0.315 e. The minimum Gasteiger partial charge on any atom is -0.444 e. The van der Waals surface area contributed by atoms with E-state index in [4.69, 9.17) is 4.42 Å². The highest BCUT2D eigenvalue weighted by atomic mass is 16.6. The van der Waals surface area contributed by atoms with Gasteiger partial charge in [-0.15, -0.1) is 0 Å². The van der Waals surface area contributed by atoms with Gasteiger partial charge in [-0.25, -0.2) is 4.98 Å². The first-order chi connectivity index (χ1) is 9.61. The predicted octanol–water partition coefficient (Wildman–Crippen LogP) is 2.94. The SMILES string of the molecule is CCNc1cccc(NCc2ncc(C)o2)c1[N+](=O)[O-]. The molecule has 2 rings (SSSR count). The van der Waals surface area contributed by atoms with Crippen LogP contribution in [0, 0.1) is 17.0 Å². The molecule has 0 aliphatic carbocycles. The third-order valence-electron chi connectivity index (χ3n) is 2.69. The van der Waals surface area contributed by atoms with Crippen LogP contribution in [0.1, 0.15) is 18.6 Å². The van der Waals surface area contributed by atoms with Crippen LogP contribution in [0.2, 0.25) is 0 Å². The van der Waals surface area contributed by atoms with Gasteiger partial charge in [-0.05, 0) is 26.0 Å². The van der Waals surface area contributed by atoms with E-state index in [1.54, 1.807) is 31.3 Å². The Morgan fingerprint density at radius 1 is 1.35 bits per heavy atom. The van der Waals surface area contributed by atoms with Crippen LogP contribution in [-0.2, 0) is 6.54 Å². The molecule has 2 aromatic rings. The lowest BCUT2D eigenvalue weighted by Crippen LogP contribution is -2.06. The molecule has 0 radical (unpaired) electrons. The molecule has 0 bridgehead atoms. The van der Waals surface area contributed by atoms with Crippen LogP contribution in [0.25, 0.3) is 0 Å². The van der Waals surface area contributed by atoms with Gasteiger partial charge in [0.15, 0.2) is 0 Å². The lowest BCUT2D eigenvalue weighted by atomic mass is 10.2. The zero-order valence-electron chi connectivity index (χ0n) is 11.3. The minimum absolute atomic E-state index is 0.0256. The Bertz CT molecular complexity index is 609. The van der Waals surface area contributed by atoms with E-state index >= 15 is 0 Å². The molecule has 2 N–H and O–H groups in total. The highest BCUT2D eigenvalue weighted by Gasteiger charge is 2.19. The minimum atomic E-state index is -0.402. The van der Waals surface area contributed by atoms with Gasteiger partial charge in [0, 0.05) is 6.54 Å². The molecule has 0 unspecified atom stereocenters. The van der Waals surface area contributed by atoms with Crippen molar-refractivity contribution < 1.29 is 9.34 Å². The predicted molar refractivity (Wildman–Crippen MR) is 75.8 cm³/mol. The maximum atomic E-state index is 11.2. The van der Waals surface area contributed by atoms with Gasteiger partial charge >= 0.3 is 5.69 Å². The molecule has 1 aromatic heterocycles. The number of nitrogens with zero attached hydrogens (tertiary/aromatic N) is 2. The Morgan fingerprint density at radius 2 is 2.05 bits per heavy atom. The summed E-state index contributed by atoms with van der Waals surface area (Å²) < 4.78 is 5.32. The molecule has 106 valence electrons. The summed E-state index contributed by atoms with van der Waals surface area (Å²) in [5.41, 5.74) is 0.952. The highest BCUT2D eigenvalue weighted by Crippen LogP contribution is 2.32. The monoisotopic (exact) mass is 276 g/mol. The van der Waals surface area contributed by atoms with E-state index in [1.165, 1.54) is 0 Å². The van der Waals surface area contributed by atoms with Gasteiger partial charge in [-0.3, -0.25) is 10.1 Å². The average Bonchev–Trinajstić information content (AvgIpc) is 2.82. The number of aryl methyl sites for hydroxylation is 1. The van der Waals surface area contributed by atoms with Gasteiger partial charge < -0.3 is 15.1 Å². The molecule has 0 aliphatic heterocycles. The second kappa shape index (κ2) is 6.05. The molecule has 0 spiro atoms. The van der Waals surface area contributed by atoms with Crippen LogP contribution in [0.4, 0.5) is 17.1 Å². The normalized spacial score (nSPS) is 10.3. The van der Waals surface area contributed by atoms with Gasteiger partial charge in [0.1, 0.15) is 17.1 Å². The van der Waals surface area contributed by atoms with E-state index in [0.29, 0.717) is 36.1 Å². The van der Waals surface area contributed by atoms with E-state index in [9.17, 15) is 10.1 Å². The number of hydrogen-bond donors (Lipinski definition) is 2. The van der Waals surface area contributed by atoms with Crippen molar-refractivity contribution >= 4 is 17.1 Å². The van der Waals surface area contributed by atoms with Crippen molar-refractivity contribution in [1.82, 2.24) is 4.98 Å². The molecular weight excluding hydrogens is 260 g/mol. The fourth-order valence-corrected chi connectivity index (χ4v) is 1.87. The number of rotatable bonds is 6. The highest BCUT2D eigenvalue weighted by molar-refractivity contribution is 5.76. The molecule has 7 nitrogen and oxygen atoms in total. The number of nitrogens with one attached hydrogen (secondary N) is 2. The standard InChI is InChI=1S/C13H16N4O3/c1-3-14-10-5-4-6-11(13(10)17(18)19)15-8-12-16-7-9(2)20-12/h4-7,14-15H,3,8H2,1-2H3. The Kier molecular flexibility index (Phi) is 4.19. The number of anilines is 2. The van der Waals surface area contributed by atoms with E-state index in [1.807, 2.05) is 6.92 Å². The van der Waals surface area contributed by atoms with Crippen molar-refractivity contribution in [3.05, 3.63) is 46.2 Å². The van der Waals surface area contributed by atoms with Gasteiger partial charge in [0.25, 0.3) is 0 Å². The van der Waals surface area contributed by atoms with Gasteiger partial charge in [0.05, 0.1) is 17.7 Å². The second-order valence-corrected chi connectivity index (χ2v) is 4.21. The summed E-state index contributed by atoms with van der Waals surface area (Å²) in [4.78, 5) is 14.9. The molecule has 0 amide bonds. The number of hydrogen-bond acceptors (Lipinski definition) is 6. The summed E-state index contributed by atoms with van der Waals surface area (Å²) >= 11 is 0. The van der Waals surface area contributed by atoms with Crippen LogP contribution in [0.15, 0.2) is 28.8 Å². The van der Waals surface area contributed by atoms with E-state index in [2.05, 4.69) is 15.6 Å². The number of nitro groups is 1. The Morgan fingerprint density at radius 3 is 2.60 bits per heavy atom. The van der Waals surface area contributed by atoms with Gasteiger partial charge in [-0.2, -0.15) is 0 Å². The molecule has 1 heterocycles. The summed E-state index contributed by atoms with van der Waals surface area (Å²) in [6, 6.07) is 5.10. The summed E-state index contributed by atoms with van der Waals surface area (Å²) in [6.45, 7) is 4.59. The zero-order valence-corrected chi connectivity index (χ0v) is 11.3. The Balaban J connectivity index is 2.22. The number of benzene rings is 1. The van der Waals surface area contributed by atoms with E-state index in [0.717, 1.165) is 0 Å². The van der Waals surface area contributed by atoms with Crippen molar-refractivity contribution in [2.75, 3.05) is 17.2 Å². The van der Waals surface area contributed by atoms with Crippen molar-refractivity contribution in [2.24, 2.45) is 0 Å². The maximum absolute atomic E-state index is 11.2. The van der Waals surface area contributed by atoms with Crippen LogP contribution < -0.4 is 10.6 Å². The fraction of sp³-hybridized carbons (Fsp3) is 0.308. The van der Waals surface area contributed by atoms with Crippen LogP contribution in [0.3, 0.4) is 0 Å². The molecule has 0 fully saturated rings. The quantitative estimate of drug-likeness (QED) is 0.622. The molecular formula is C13H16N4O3. The topological polar surface area (TPSA) is 93.2 Å².